The molecule has 2 aromatic carbocycles. The average Bonchev–Trinajstić information content (AvgIpc) is 2.75. The van der Waals surface area contributed by atoms with Gasteiger partial charge in [0, 0.05) is 12.1 Å². The molecular formula is C25H31N3O3. The second-order valence-electron chi connectivity index (χ2n) is 8.07. The van der Waals surface area contributed by atoms with Crippen LogP contribution >= 0.6 is 0 Å². The number of hydrogen-bond donors (Lipinski definition) is 2. The fourth-order valence-corrected chi connectivity index (χ4v) is 3.81. The smallest absolute Gasteiger partial charge is 0.248 e. The molecule has 3 amide bonds. The van der Waals surface area contributed by atoms with Crippen LogP contribution < -0.4 is 15.5 Å². The fourth-order valence-electron chi connectivity index (χ4n) is 3.81. The molecule has 1 atom stereocenters. The van der Waals surface area contributed by atoms with E-state index < -0.39 is 6.04 Å². The van der Waals surface area contributed by atoms with E-state index in [0.29, 0.717) is 23.5 Å². The Bertz CT molecular complexity index is 924. The third kappa shape index (κ3) is 5.94. The first-order valence-electron chi connectivity index (χ1n) is 11.1. The Hall–Kier alpha value is -3.15. The number of carbonyl (C=O) groups excluding carboxylic acids is 3. The van der Waals surface area contributed by atoms with Crippen molar-refractivity contribution in [3.8, 4) is 0 Å². The Morgan fingerprint density at radius 2 is 1.71 bits per heavy atom. The molecule has 31 heavy (non-hydrogen) atoms. The molecule has 0 bridgehead atoms. The number of para-hydroxylation sites is 2. The Balaban J connectivity index is 1.74. The summed E-state index contributed by atoms with van der Waals surface area (Å²) in [5, 5.41) is 5.67. The molecule has 0 radical (unpaired) electrons. The van der Waals surface area contributed by atoms with Crippen LogP contribution in [0.4, 0.5) is 17.1 Å². The molecule has 0 aromatic heterocycles. The van der Waals surface area contributed by atoms with Crippen LogP contribution in [0, 0.1) is 6.92 Å². The van der Waals surface area contributed by atoms with Crippen LogP contribution in [0.25, 0.3) is 0 Å². The molecule has 1 aliphatic heterocycles. The summed E-state index contributed by atoms with van der Waals surface area (Å²) >= 11 is 0. The van der Waals surface area contributed by atoms with Crippen molar-refractivity contribution >= 4 is 34.8 Å². The summed E-state index contributed by atoms with van der Waals surface area (Å²) in [6.07, 6.45) is 5.43. The molecular weight excluding hydrogens is 390 g/mol. The number of nitrogens with one attached hydrogen (secondary N) is 2. The highest BCUT2D eigenvalue weighted by atomic mass is 16.2. The number of hydrogen-bond acceptors (Lipinski definition) is 3. The van der Waals surface area contributed by atoms with Gasteiger partial charge in [0.05, 0.1) is 17.8 Å². The van der Waals surface area contributed by atoms with Crippen LogP contribution in [0.3, 0.4) is 0 Å². The molecule has 0 saturated heterocycles. The Kier molecular flexibility index (Phi) is 7.82. The third-order valence-corrected chi connectivity index (χ3v) is 5.51. The van der Waals surface area contributed by atoms with Gasteiger partial charge in [0.15, 0.2) is 0 Å². The van der Waals surface area contributed by atoms with Gasteiger partial charge in [-0.3, -0.25) is 19.3 Å². The highest BCUT2D eigenvalue weighted by molar-refractivity contribution is 6.13. The number of carbonyl (C=O) groups is 3. The number of anilines is 3. The minimum absolute atomic E-state index is 0.102. The molecule has 6 heteroatoms. The Morgan fingerprint density at radius 3 is 2.45 bits per heavy atom. The zero-order valence-electron chi connectivity index (χ0n) is 18.3. The van der Waals surface area contributed by atoms with Crippen molar-refractivity contribution in [2.24, 2.45) is 0 Å². The van der Waals surface area contributed by atoms with E-state index in [0.717, 1.165) is 37.7 Å². The van der Waals surface area contributed by atoms with E-state index in [1.165, 1.54) is 4.90 Å². The molecule has 164 valence electrons. The molecule has 0 saturated carbocycles. The quantitative estimate of drug-likeness (QED) is 0.557. The maximum absolute atomic E-state index is 13.1. The number of fused-ring (bicyclic) bond motifs is 1. The molecule has 2 N–H and O–H groups in total. The third-order valence-electron chi connectivity index (χ3n) is 5.51. The maximum Gasteiger partial charge on any atom is 0.248 e. The van der Waals surface area contributed by atoms with Crippen molar-refractivity contribution in [3.05, 3.63) is 54.1 Å². The van der Waals surface area contributed by atoms with Crippen LogP contribution in [-0.4, -0.2) is 23.8 Å². The van der Waals surface area contributed by atoms with Crippen LogP contribution in [-0.2, 0) is 14.4 Å². The molecule has 0 aliphatic carbocycles. The van der Waals surface area contributed by atoms with Gasteiger partial charge in [-0.2, -0.15) is 0 Å². The SMILES string of the molecule is CCCCCCCC(=O)N1c2ccccc2NC(=O)C1CC(=O)Nc1ccc(C)cc1. The molecule has 1 aliphatic rings. The number of unbranched alkanes of at least 4 members (excludes halogenated alkanes) is 4. The predicted octanol–water partition coefficient (Wildman–Crippen LogP) is 5.04. The summed E-state index contributed by atoms with van der Waals surface area (Å²) in [4.78, 5) is 40.2. The molecule has 1 heterocycles. The van der Waals surface area contributed by atoms with Gasteiger partial charge in [-0.05, 0) is 37.6 Å². The van der Waals surface area contributed by atoms with E-state index >= 15 is 0 Å². The number of amides is 3. The Labute approximate surface area is 184 Å². The Morgan fingerprint density at radius 1 is 1.00 bits per heavy atom. The van der Waals surface area contributed by atoms with Crippen LogP contribution in [0.1, 0.15) is 57.4 Å². The minimum atomic E-state index is -0.872. The first kappa shape index (κ1) is 22.5. The van der Waals surface area contributed by atoms with Gasteiger partial charge in [-0.25, -0.2) is 0 Å². The van der Waals surface area contributed by atoms with Gasteiger partial charge < -0.3 is 10.6 Å². The van der Waals surface area contributed by atoms with Gasteiger partial charge in [0.25, 0.3) is 0 Å². The highest BCUT2D eigenvalue weighted by Gasteiger charge is 2.37. The normalized spacial score (nSPS) is 15.2. The van der Waals surface area contributed by atoms with E-state index in [2.05, 4.69) is 17.6 Å². The van der Waals surface area contributed by atoms with Crippen molar-refractivity contribution in [1.29, 1.82) is 0 Å². The number of benzene rings is 2. The predicted molar refractivity (Wildman–Crippen MR) is 124 cm³/mol. The first-order valence-corrected chi connectivity index (χ1v) is 11.1. The molecule has 0 fully saturated rings. The van der Waals surface area contributed by atoms with Gasteiger partial charge >= 0.3 is 0 Å². The van der Waals surface area contributed by atoms with Crippen LogP contribution in [0.5, 0.6) is 0 Å². The van der Waals surface area contributed by atoms with E-state index in [-0.39, 0.29) is 24.1 Å². The molecule has 2 aromatic rings. The second-order valence-corrected chi connectivity index (χ2v) is 8.07. The second kappa shape index (κ2) is 10.8. The molecule has 3 rings (SSSR count). The minimum Gasteiger partial charge on any atom is -0.326 e. The lowest BCUT2D eigenvalue weighted by atomic mass is 10.0. The molecule has 1 unspecified atom stereocenters. The zero-order valence-corrected chi connectivity index (χ0v) is 18.3. The lowest BCUT2D eigenvalue weighted by Gasteiger charge is -2.36. The summed E-state index contributed by atoms with van der Waals surface area (Å²) in [6.45, 7) is 4.13. The van der Waals surface area contributed by atoms with E-state index in [1.807, 2.05) is 49.4 Å². The van der Waals surface area contributed by atoms with Crippen molar-refractivity contribution in [2.75, 3.05) is 15.5 Å². The maximum atomic E-state index is 13.1. The lowest BCUT2D eigenvalue weighted by molar-refractivity contribution is -0.126. The monoisotopic (exact) mass is 421 g/mol. The van der Waals surface area contributed by atoms with Crippen LogP contribution in [0.2, 0.25) is 0 Å². The van der Waals surface area contributed by atoms with Gasteiger partial charge in [0.1, 0.15) is 6.04 Å². The first-order chi connectivity index (χ1) is 15.0. The number of rotatable bonds is 9. The van der Waals surface area contributed by atoms with Gasteiger partial charge in [-0.15, -0.1) is 0 Å². The topological polar surface area (TPSA) is 78.5 Å². The summed E-state index contributed by atoms with van der Waals surface area (Å²) in [5.41, 5.74) is 3.01. The van der Waals surface area contributed by atoms with Crippen molar-refractivity contribution in [1.82, 2.24) is 0 Å². The van der Waals surface area contributed by atoms with Gasteiger partial charge in [-0.1, -0.05) is 62.4 Å². The standard InChI is InChI=1S/C25H31N3O3/c1-3-4-5-6-7-12-24(30)28-21-11-9-8-10-20(21)27-25(31)22(28)17-23(29)26-19-15-13-18(2)14-16-19/h8-11,13-16,22H,3-7,12,17H2,1-2H3,(H,26,29)(H,27,31). The van der Waals surface area contributed by atoms with E-state index in [1.54, 1.807) is 6.07 Å². The van der Waals surface area contributed by atoms with Crippen molar-refractivity contribution < 1.29 is 14.4 Å². The van der Waals surface area contributed by atoms with Crippen LogP contribution in [0.15, 0.2) is 48.5 Å². The lowest BCUT2D eigenvalue weighted by Crippen LogP contribution is -2.52. The molecule has 0 spiro atoms. The summed E-state index contributed by atoms with van der Waals surface area (Å²) in [7, 11) is 0. The van der Waals surface area contributed by atoms with Crippen molar-refractivity contribution in [3.63, 3.8) is 0 Å². The highest BCUT2D eigenvalue weighted by Crippen LogP contribution is 2.33. The summed E-state index contributed by atoms with van der Waals surface area (Å²) < 4.78 is 0. The summed E-state index contributed by atoms with van der Waals surface area (Å²) in [6, 6.07) is 13.8. The zero-order chi connectivity index (χ0) is 22.2. The van der Waals surface area contributed by atoms with E-state index in [4.69, 9.17) is 0 Å². The summed E-state index contributed by atoms with van der Waals surface area (Å²) in [5.74, 6) is -0.756. The van der Waals surface area contributed by atoms with Crippen molar-refractivity contribution in [2.45, 2.75) is 64.8 Å². The molecule has 6 nitrogen and oxygen atoms in total. The van der Waals surface area contributed by atoms with Gasteiger partial charge in [0.2, 0.25) is 17.7 Å². The fraction of sp³-hybridized carbons (Fsp3) is 0.400. The number of aryl methyl sites for hydroxylation is 1. The number of nitrogens with zero attached hydrogens (tertiary/aromatic N) is 1. The van der Waals surface area contributed by atoms with E-state index in [9.17, 15) is 14.4 Å². The largest absolute Gasteiger partial charge is 0.326 e. The average molecular weight is 422 g/mol.